The normalized spacial score (nSPS) is 15.9. The fraction of sp³-hybridized carbons (Fsp3) is 0.261. The number of rotatable bonds is 5. The number of fused-ring (bicyclic) bond motifs is 2. The van der Waals surface area contributed by atoms with Crippen LogP contribution in [-0.4, -0.2) is 44.1 Å². The number of carbonyl (C=O) groups is 1. The first kappa shape index (κ1) is 20.1. The largest absolute Gasteiger partial charge is 0.376 e. The first-order valence-corrected chi connectivity index (χ1v) is 10.5. The van der Waals surface area contributed by atoms with Crippen molar-refractivity contribution in [3.05, 3.63) is 82.0 Å². The first-order chi connectivity index (χ1) is 15.6. The van der Waals surface area contributed by atoms with Crippen LogP contribution in [0.2, 0.25) is 0 Å². The van der Waals surface area contributed by atoms with E-state index in [-0.39, 0.29) is 34.6 Å². The summed E-state index contributed by atoms with van der Waals surface area (Å²) in [5.74, 6) is -0.412. The van der Waals surface area contributed by atoms with Crippen molar-refractivity contribution in [2.45, 2.75) is 25.5 Å². The molecule has 9 nitrogen and oxygen atoms in total. The maximum Gasteiger partial charge on any atom is 0.267 e. The molecule has 1 aliphatic heterocycles. The van der Waals surface area contributed by atoms with Crippen LogP contribution in [0.3, 0.4) is 0 Å². The molecule has 0 unspecified atom stereocenters. The van der Waals surface area contributed by atoms with E-state index in [0.29, 0.717) is 24.4 Å². The van der Waals surface area contributed by atoms with E-state index < -0.39 is 5.91 Å². The number of aromatic nitrogens is 4. The highest BCUT2D eigenvalue weighted by Gasteiger charge is 2.20. The molecule has 0 radical (unpaired) electrons. The van der Waals surface area contributed by atoms with E-state index in [0.717, 1.165) is 18.4 Å². The molecule has 1 atom stereocenters. The van der Waals surface area contributed by atoms with E-state index in [4.69, 9.17) is 10.1 Å². The Labute approximate surface area is 182 Å². The average Bonchev–Trinajstić information content (AvgIpc) is 3.34. The zero-order valence-corrected chi connectivity index (χ0v) is 17.3. The molecule has 0 bridgehead atoms. The third kappa shape index (κ3) is 3.67. The Balaban J connectivity index is 1.66. The van der Waals surface area contributed by atoms with Crippen LogP contribution in [0.5, 0.6) is 0 Å². The highest BCUT2D eigenvalue weighted by molar-refractivity contribution is 5.96. The van der Waals surface area contributed by atoms with Crippen LogP contribution in [-0.2, 0) is 11.3 Å². The second kappa shape index (κ2) is 8.35. The Morgan fingerprint density at radius 3 is 2.97 bits per heavy atom. The maximum absolute atomic E-state index is 13.2. The molecular weight excluding hydrogens is 408 g/mol. The lowest BCUT2D eigenvalue weighted by atomic mass is 10.1. The number of nitrogens with zero attached hydrogens (tertiary/aromatic N) is 4. The van der Waals surface area contributed by atoms with Gasteiger partial charge in [-0.2, -0.15) is 0 Å². The maximum atomic E-state index is 13.2. The van der Waals surface area contributed by atoms with Crippen LogP contribution in [0.15, 0.2) is 59.8 Å². The Morgan fingerprint density at radius 2 is 2.19 bits per heavy atom. The van der Waals surface area contributed by atoms with Gasteiger partial charge in [-0.1, -0.05) is 12.1 Å². The number of pyridine rings is 3. The molecule has 5 rings (SSSR count). The minimum Gasteiger partial charge on any atom is -0.376 e. The summed E-state index contributed by atoms with van der Waals surface area (Å²) < 4.78 is 8.60. The summed E-state index contributed by atoms with van der Waals surface area (Å²) in [6, 6.07) is 10.4. The molecule has 1 fully saturated rings. The second-order valence-corrected chi connectivity index (χ2v) is 7.78. The quantitative estimate of drug-likeness (QED) is 0.466. The Hall–Kier alpha value is -3.85. The summed E-state index contributed by atoms with van der Waals surface area (Å²) in [5, 5.41) is 11.9. The molecule has 1 saturated heterocycles. The van der Waals surface area contributed by atoms with Crippen molar-refractivity contribution >= 4 is 22.6 Å². The van der Waals surface area contributed by atoms with Crippen LogP contribution in [0.25, 0.3) is 16.7 Å². The van der Waals surface area contributed by atoms with Gasteiger partial charge in [-0.3, -0.25) is 24.4 Å². The van der Waals surface area contributed by atoms with Crippen LogP contribution in [0.1, 0.15) is 28.8 Å². The molecule has 162 valence electrons. The molecule has 4 aromatic rings. The monoisotopic (exact) mass is 430 g/mol. The summed E-state index contributed by atoms with van der Waals surface area (Å²) in [6.07, 6.45) is 6.84. The summed E-state index contributed by atoms with van der Waals surface area (Å²) in [5.41, 5.74) is 1.47. The molecule has 0 spiro atoms. The predicted octanol–water partition coefficient (Wildman–Crippen LogP) is 1.48. The van der Waals surface area contributed by atoms with E-state index in [9.17, 15) is 9.59 Å². The first-order valence-electron chi connectivity index (χ1n) is 10.5. The number of ether oxygens (including phenoxy) is 1. The second-order valence-electron chi connectivity index (χ2n) is 7.78. The summed E-state index contributed by atoms with van der Waals surface area (Å²) in [4.78, 5) is 35.0. The van der Waals surface area contributed by atoms with Gasteiger partial charge in [-0.05, 0) is 42.7 Å². The Kier molecular flexibility index (Phi) is 5.24. The van der Waals surface area contributed by atoms with Gasteiger partial charge in [-0.25, -0.2) is 4.98 Å². The van der Waals surface area contributed by atoms with Gasteiger partial charge in [0.05, 0.1) is 23.6 Å². The van der Waals surface area contributed by atoms with Crippen molar-refractivity contribution in [1.82, 2.24) is 24.3 Å². The molecule has 0 aromatic carbocycles. The molecule has 1 aliphatic rings. The summed E-state index contributed by atoms with van der Waals surface area (Å²) in [7, 11) is 0. The lowest BCUT2D eigenvalue weighted by molar-refractivity contribution is 0.0856. The Morgan fingerprint density at radius 1 is 1.28 bits per heavy atom. The van der Waals surface area contributed by atoms with Crippen molar-refractivity contribution in [1.29, 1.82) is 5.41 Å². The van der Waals surface area contributed by atoms with E-state index in [1.807, 2.05) is 6.07 Å². The minimum absolute atomic E-state index is 0.0154. The van der Waals surface area contributed by atoms with Gasteiger partial charge < -0.3 is 14.6 Å². The minimum atomic E-state index is -0.412. The third-order valence-corrected chi connectivity index (χ3v) is 5.64. The molecule has 2 N–H and O–H groups in total. The standard InChI is InChI=1S/C23H22N6O3/c24-20-17(22(30)26-13-16-6-4-10-32-16)11-18-21(29(20)14-15-5-3-8-25-12-15)27-19-7-1-2-9-28(19)23(18)31/h1-3,5,7-9,11-12,16,24H,4,6,10,13-14H2,(H,26,30)/t16-/m0/s1. The van der Waals surface area contributed by atoms with Gasteiger partial charge >= 0.3 is 0 Å². The summed E-state index contributed by atoms with van der Waals surface area (Å²) >= 11 is 0. The molecular formula is C23H22N6O3. The van der Waals surface area contributed by atoms with Gasteiger partial charge in [0, 0.05) is 31.7 Å². The highest BCUT2D eigenvalue weighted by Crippen LogP contribution is 2.13. The van der Waals surface area contributed by atoms with Crippen molar-refractivity contribution in [3.63, 3.8) is 0 Å². The van der Waals surface area contributed by atoms with Crippen LogP contribution < -0.4 is 16.4 Å². The SMILES string of the molecule is N=c1c(C(=O)NC[C@@H]2CCCO2)cc2c(=O)n3ccccc3nc2n1Cc1cccnc1. The highest BCUT2D eigenvalue weighted by atomic mass is 16.5. The van der Waals surface area contributed by atoms with Crippen molar-refractivity contribution in [3.8, 4) is 0 Å². The average molecular weight is 430 g/mol. The van der Waals surface area contributed by atoms with Gasteiger partial charge in [0.1, 0.15) is 16.8 Å². The fourth-order valence-electron chi connectivity index (χ4n) is 4.00. The van der Waals surface area contributed by atoms with E-state index in [2.05, 4.69) is 15.3 Å². The fourth-order valence-corrected chi connectivity index (χ4v) is 4.00. The Bertz CT molecular complexity index is 1420. The number of nitrogens with one attached hydrogen (secondary N) is 2. The number of hydrogen-bond acceptors (Lipinski definition) is 6. The lowest BCUT2D eigenvalue weighted by Gasteiger charge is -2.15. The van der Waals surface area contributed by atoms with Gasteiger partial charge in [0.25, 0.3) is 11.5 Å². The van der Waals surface area contributed by atoms with Crippen molar-refractivity contribution < 1.29 is 9.53 Å². The van der Waals surface area contributed by atoms with Gasteiger partial charge in [0.2, 0.25) is 0 Å². The zero-order chi connectivity index (χ0) is 22.1. The van der Waals surface area contributed by atoms with Gasteiger partial charge in [0.15, 0.2) is 0 Å². The molecule has 0 saturated carbocycles. The number of carbonyl (C=O) groups excluding carboxylic acids is 1. The van der Waals surface area contributed by atoms with Crippen LogP contribution in [0, 0.1) is 5.41 Å². The molecule has 9 heteroatoms. The smallest absolute Gasteiger partial charge is 0.267 e. The number of hydrogen-bond donors (Lipinski definition) is 2. The van der Waals surface area contributed by atoms with E-state index in [1.165, 1.54) is 10.5 Å². The molecule has 1 amide bonds. The topological polar surface area (TPSA) is 114 Å². The molecule has 32 heavy (non-hydrogen) atoms. The van der Waals surface area contributed by atoms with E-state index in [1.54, 1.807) is 47.4 Å². The summed E-state index contributed by atoms with van der Waals surface area (Å²) in [6.45, 7) is 1.32. The molecule has 4 aromatic heterocycles. The van der Waals surface area contributed by atoms with Crippen LogP contribution in [0.4, 0.5) is 0 Å². The van der Waals surface area contributed by atoms with Crippen LogP contribution >= 0.6 is 0 Å². The zero-order valence-electron chi connectivity index (χ0n) is 17.3. The predicted molar refractivity (Wildman–Crippen MR) is 117 cm³/mol. The van der Waals surface area contributed by atoms with Gasteiger partial charge in [-0.15, -0.1) is 0 Å². The lowest BCUT2D eigenvalue weighted by Crippen LogP contribution is -2.38. The van der Waals surface area contributed by atoms with Crippen molar-refractivity contribution in [2.75, 3.05) is 13.2 Å². The molecule has 0 aliphatic carbocycles. The molecule has 5 heterocycles. The third-order valence-electron chi connectivity index (χ3n) is 5.64. The number of amides is 1. The van der Waals surface area contributed by atoms with Crippen molar-refractivity contribution in [2.24, 2.45) is 0 Å². The van der Waals surface area contributed by atoms with E-state index >= 15 is 0 Å².